The van der Waals surface area contributed by atoms with E-state index in [1.54, 1.807) is 12.1 Å². The van der Waals surface area contributed by atoms with Crippen molar-refractivity contribution < 1.29 is 22.4 Å². The second-order valence-electron chi connectivity index (χ2n) is 7.43. The van der Waals surface area contributed by atoms with Gasteiger partial charge < -0.3 is 10.6 Å². The van der Waals surface area contributed by atoms with Gasteiger partial charge in [0.05, 0.1) is 37.9 Å². The Morgan fingerprint density at radius 1 is 1.06 bits per heavy atom. The molecule has 3 aromatic carbocycles. The van der Waals surface area contributed by atoms with Gasteiger partial charge in [-0.15, -0.1) is 0 Å². The highest BCUT2D eigenvalue weighted by Crippen LogP contribution is 2.28. The molecule has 0 atom stereocenters. The number of urea groups is 1. The Balaban J connectivity index is 1.69. The van der Waals surface area contributed by atoms with E-state index in [1.807, 2.05) is 0 Å². The molecular weight excluding hydrogens is 518 g/mol. The van der Waals surface area contributed by atoms with Gasteiger partial charge in [-0.2, -0.15) is 17.6 Å². The highest BCUT2D eigenvalue weighted by atomic mass is 35.5. The summed E-state index contributed by atoms with van der Waals surface area (Å²) >= 11 is 12.2. The molecule has 0 bridgehead atoms. The number of amides is 2. The summed E-state index contributed by atoms with van der Waals surface area (Å²) in [5.74, 6) is -1.28. The molecule has 1 heterocycles. The fourth-order valence-corrected chi connectivity index (χ4v) is 5.28. The van der Waals surface area contributed by atoms with Gasteiger partial charge in [-0.05, 0) is 42.0 Å². The van der Waals surface area contributed by atoms with Crippen molar-refractivity contribution in [1.29, 1.82) is 0 Å². The van der Waals surface area contributed by atoms with E-state index >= 15 is 0 Å². The molecule has 0 spiro atoms. The number of rotatable bonds is 6. The number of Topliss-reactive ketones (excluding diaryl/α,β-unsaturated/α-hetero) is 1. The average Bonchev–Trinajstić information content (AvgIpc) is 3.24. The number of carbonyl (C=O) groups excluding carboxylic acids is 2. The fraction of sp³-hybridized carbons (Fsp3) is 0.0870. The smallest absolute Gasteiger partial charge is 0.319 e. The van der Waals surface area contributed by atoms with Crippen LogP contribution in [-0.4, -0.2) is 36.5 Å². The number of anilines is 1. The Kier molecular flexibility index (Phi) is 6.79. The molecule has 2 amide bonds. The predicted octanol–water partition coefficient (Wildman–Crippen LogP) is 4.90. The van der Waals surface area contributed by atoms with Gasteiger partial charge in [-0.3, -0.25) is 4.79 Å². The molecule has 4 rings (SSSR count). The van der Waals surface area contributed by atoms with Gasteiger partial charge in [0.2, 0.25) is 0 Å². The summed E-state index contributed by atoms with van der Waals surface area (Å²) in [4.78, 5) is 24.0. The second-order valence-corrected chi connectivity index (χ2v) is 10.0. The van der Waals surface area contributed by atoms with Gasteiger partial charge in [0.15, 0.2) is 5.78 Å². The molecule has 0 aliphatic carbocycles. The Morgan fingerprint density at radius 3 is 2.51 bits per heavy atom. The lowest BCUT2D eigenvalue weighted by Gasteiger charge is -2.10. The molecule has 180 valence electrons. The van der Waals surface area contributed by atoms with Crippen molar-refractivity contribution >= 4 is 61.6 Å². The van der Waals surface area contributed by atoms with E-state index in [9.17, 15) is 22.4 Å². The molecule has 4 aromatic rings. The SMILES string of the molecule is CNC(=O)Nc1ccc(S(=O)(=O)n2ncc3ccc(CC(=O)c4c(F)cccc4Cl)cc32)cc1Cl. The van der Waals surface area contributed by atoms with Crippen molar-refractivity contribution in [3.63, 3.8) is 0 Å². The summed E-state index contributed by atoms with van der Waals surface area (Å²) in [5, 5.41) is 9.38. The minimum absolute atomic E-state index is 0.00469. The van der Waals surface area contributed by atoms with Crippen LogP contribution in [0.25, 0.3) is 10.9 Å². The molecule has 0 aliphatic heterocycles. The summed E-state index contributed by atoms with van der Waals surface area (Å²) in [6.45, 7) is 0. The lowest BCUT2D eigenvalue weighted by Crippen LogP contribution is -2.24. The Bertz CT molecular complexity index is 1570. The number of aromatic nitrogens is 2. The van der Waals surface area contributed by atoms with Crippen LogP contribution in [0.4, 0.5) is 14.9 Å². The Labute approximate surface area is 209 Å². The number of ketones is 1. The van der Waals surface area contributed by atoms with Crippen LogP contribution in [0.1, 0.15) is 15.9 Å². The third-order valence-electron chi connectivity index (χ3n) is 5.15. The minimum Gasteiger partial charge on any atom is -0.341 e. The maximum atomic E-state index is 14.1. The van der Waals surface area contributed by atoms with Crippen LogP contribution >= 0.6 is 23.2 Å². The summed E-state index contributed by atoms with van der Waals surface area (Å²) < 4.78 is 41.6. The summed E-state index contributed by atoms with van der Waals surface area (Å²) in [7, 11) is -2.75. The molecule has 8 nitrogen and oxygen atoms in total. The molecule has 0 aliphatic rings. The lowest BCUT2D eigenvalue weighted by atomic mass is 10.0. The quantitative estimate of drug-likeness (QED) is 0.342. The maximum absolute atomic E-state index is 14.1. The molecule has 35 heavy (non-hydrogen) atoms. The number of benzene rings is 3. The number of fused-ring (bicyclic) bond motifs is 1. The maximum Gasteiger partial charge on any atom is 0.319 e. The topological polar surface area (TPSA) is 110 Å². The van der Waals surface area contributed by atoms with Crippen LogP contribution in [-0.2, 0) is 16.4 Å². The van der Waals surface area contributed by atoms with Crippen molar-refractivity contribution in [1.82, 2.24) is 14.5 Å². The molecule has 0 saturated heterocycles. The van der Waals surface area contributed by atoms with Crippen molar-refractivity contribution in [2.24, 2.45) is 0 Å². The van der Waals surface area contributed by atoms with Gasteiger partial charge >= 0.3 is 6.03 Å². The molecule has 2 N–H and O–H groups in total. The number of nitrogens with one attached hydrogen (secondary N) is 2. The first kappa shape index (κ1) is 24.6. The van der Waals surface area contributed by atoms with Crippen molar-refractivity contribution in [2.45, 2.75) is 11.3 Å². The zero-order valence-corrected chi connectivity index (χ0v) is 20.4. The van der Waals surface area contributed by atoms with Gasteiger partial charge in [-0.1, -0.05) is 41.4 Å². The molecule has 0 unspecified atom stereocenters. The first-order valence-electron chi connectivity index (χ1n) is 10.1. The molecular formula is C23H17Cl2FN4O4S. The lowest BCUT2D eigenvalue weighted by molar-refractivity contribution is 0.0989. The fourth-order valence-electron chi connectivity index (χ4n) is 3.42. The number of halogens is 3. The first-order chi connectivity index (χ1) is 16.6. The van der Waals surface area contributed by atoms with E-state index in [1.165, 1.54) is 49.6 Å². The number of nitrogens with zero attached hydrogens (tertiary/aromatic N) is 2. The summed E-state index contributed by atoms with van der Waals surface area (Å²) in [5.41, 5.74) is 0.666. The van der Waals surface area contributed by atoms with Crippen molar-refractivity contribution in [3.05, 3.63) is 87.8 Å². The second kappa shape index (κ2) is 9.65. The van der Waals surface area contributed by atoms with E-state index in [0.29, 0.717) is 10.9 Å². The molecule has 12 heteroatoms. The van der Waals surface area contributed by atoms with Gasteiger partial charge in [-0.25, -0.2) is 9.18 Å². The van der Waals surface area contributed by atoms with Crippen LogP contribution in [0.5, 0.6) is 0 Å². The molecule has 0 saturated carbocycles. The van der Waals surface area contributed by atoms with Gasteiger partial charge in [0.25, 0.3) is 10.0 Å². The molecule has 1 aromatic heterocycles. The normalized spacial score (nSPS) is 11.4. The molecule has 0 fully saturated rings. The Hall–Kier alpha value is -3.47. The van der Waals surface area contributed by atoms with E-state index in [0.717, 1.165) is 10.2 Å². The van der Waals surface area contributed by atoms with Gasteiger partial charge in [0, 0.05) is 18.9 Å². The van der Waals surface area contributed by atoms with E-state index in [2.05, 4.69) is 15.7 Å². The number of hydrogen-bond acceptors (Lipinski definition) is 5. The Morgan fingerprint density at radius 2 is 1.83 bits per heavy atom. The highest BCUT2D eigenvalue weighted by molar-refractivity contribution is 7.90. The van der Waals surface area contributed by atoms with E-state index in [4.69, 9.17) is 23.2 Å². The van der Waals surface area contributed by atoms with Crippen LogP contribution in [0.15, 0.2) is 65.7 Å². The number of hydrogen-bond donors (Lipinski definition) is 2. The third kappa shape index (κ3) is 4.86. The van der Waals surface area contributed by atoms with E-state index < -0.39 is 27.7 Å². The van der Waals surface area contributed by atoms with Crippen molar-refractivity contribution in [3.8, 4) is 0 Å². The monoisotopic (exact) mass is 534 g/mol. The average molecular weight is 535 g/mol. The van der Waals surface area contributed by atoms with E-state index in [-0.39, 0.29) is 38.1 Å². The number of carbonyl (C=O) groups is 2. The highest BCUT2D eigenvalue weighted by Gasteiger charge is 2.23. The summed E-state index contributed by atoms with van der Waals surface area (Å²) in [6.07, 6.45) is 1.17. The van der Waals surface area contributed by atoms with Crippen LogP contribution in [0.2, 0.25) is 10.0 Å². The zero-order chi connectivity index (χ0) is 25.3. The third-order valence-corrected chi connectivity index (χ3v) is 7.37. The molecule has 0 radical (unpaired) electrons. The van der Waals surface area contributed by atoms with Crippen molar-refractivity contribution in [2.75, 3.05) is 12.4 Å². The predicted molar refractivity (Wildman–Crippen MR) is 131 cm³/mol. The standard InChI is InChI=1S/C23H17Cl2FN4O4S/c1-27-23(32)29-19-8-7-15(11-17(19)25)35(33,34)30-20-9-13(5-6-14(20)12-28-30)10-21(31)22-16(24)3-2-4-18(22)26/h2-9,11-12H,10H2,1H3,(H2,27,29,32). The van der Waals surface area contributed by atoms with Crippen LogP contribution < -0.4 is 10.6 Å². The zero-order valence-electron chi connectivity index (χ0n) is 18.1. The van der Waals surface area contributed by atoms with Crippen LogP contribution in [0, 0.1) is 5.82 Å². The largest absolute Gasteiger partial charge is 0.341 e. The van der Waals surface area contributed by atoms with Gasteiger partial charge in [0.1, 0.15) is 5.82 Å². The minimum atomic E-state index is -4.18. The van der Waals surface area contributed by atoms with Crippen LogP contribution in [0.3, 0.4) is 0 Å². The summed E-state index contributed by atoms with van der Waals surface area (Å²) in [6, 6.07) is 12.0. The first-order valence-corrected chi connectivity index (χ1v) is 12.3.